The van der Waals surface area contributed by atoms with E-state index in [2.05, 4.69) is 39.1 Å². The molecule has 0 amide bonds. The third kappa shape index (κ3) is 4.13. The van der Waals surface area contributed by atoms with E-state index < -0.39 is 5.60 Å². The molecule has 2 rings (SSSR count). The molecule has 0 spiro atoms. The fourth-order valence-corrected chi connectivity index (χ4v) is 3.19. The summed E-state index contributed by atoms with van der Waals surface area (Å²) < 4.78 is 5.53. The molecule has 0 radical (unpaired) electrons. The lowest BCUT2D eigenvalue weighted by molar-refractivity contribution is 0.00694. The zero-order valence-electron chi connectivity index (χ0n) is 16.4. The third-order valence-electron chi connectivity index (χ3n) is 4.39. The molecule has 2 aromatic rings. The van der Waals surface area contributed by atoms with Gasteiger partial charge in [-0.1, -0.05) is 69.5 Å². The summed E-state index contributed by atoms with van der Waals surface area (Å²) in [4.78, 5) is 12.5. The zero-order chi connectivity index (χ0) is 19.5. The minimum atomic E-state index is -0.540. The minimum Gasteiger partial charge on any atom is -0.456 e. The number of carbonyl (C=O) groups excluding carboxylic acids is 1. The van der Waals surface area contributed by atoms with Crippen LogP contribution in [0.5, 0.6) is 0 Å². The molecular formula is C24H28O2. The molecule has 26 heavy (non-hydrogen) atoms. The SMILES string of the molecule is C=Cc1cc(C(=O)OC(C)(C)C)cc(C=C)c1C(C)(C)c1ccccc1. The minimum absolute atomic E-state index is 0.263. The number of rotatable bonds is 5. The highest BCUT2D eigenvalue weighted by Crippen LogP contribution is 2.38. The highest BCUT2D eigenvalue weighted by molar-refractivity contribution is 5.92. The number of esters is 1. The first-order chi connectivity index (χ1) is 12.1. The first-order valence-electron chi connectivity index (χ1n) is 8.82. The van der Waals surface area contributed by atoms with Crippen LogP contribution in [0.4, 0.5) is 0 Å². The lowest BCUT2D eigenvalue weighted by Gasteiger charge is -2.30. The summed E-state index contributed by atoms with van der Waals surface area (Å²) in [6.45, 7) is 17.9. The van der Waals surface area contributed by atoms with Gasteiger partial charge in [-0.25, -0.2) is 4.79 Å². The van der Waals surface area contributed by atoms with Crippen molar-refractivity contribution in [2.24, 2.45) is 0 Å². The molecule has 0 aliphatic rings. The van der Waals surface area contributed by atoms with Gasteiger partial charge < -0.3 is 4.74 Å². The van der Waals surface area contributed by atoms with Gasteiger partial charge in [0.1, 0.15) is 5.60 Å². The Morgan fingerprint density at radius 2 is 1.42 bits per heavy atom. The van der Waals surface area contributed by atoms with E-state index >= 15 is 0 Å². The van der Waals surface area contributed by atoms with E-state index in [0.717, 1.165) is 16.7 Å². The molecule has 2 heteroatoms. The molecule has 0 N–H and O–H groups in total. The van der Waals surface area contributed by atoms with Gasteiger partial charge in [-0.15, -0.1) is 0 Å². The quantitative estimate of drug-likeness (QED) is 0.597. The van der Waals surface area contributed by atoms with E-state index in [4.69, 9.17) is 4.74 Å². The van der Waals surface area contributed by atoms with E-state index in [9.17, 15) is 4.79 Å². The standard InChI is InChI=1S/C24H28O2/c1-8-17-15-19(22(25)26-23(3,4)5)16-18(9-2)21(17)24(6,7)20-13-11-10-12-14-20/h8-16H,1-2H2,3-7H3. The van der Waals surface area contributed by atoms with Gasteiger partial charge in [0.2, 0.25) is 0 Å². The molecule has 0 atom stereocenters. The van der Waals surface area contributed by atoms with E-state index in [1.54, 1.807) is 12.2 Å². The van der Waals surface area contributed by atoms with Crippen molar-refractivity contribution in [2.75, 3.05) is 0 Å². The van der Waals surface area contributed by atoms with E-state index in [-0.39, 0.29) is 11.4 Å². The monoisotopic (exact) mass is 348 g/mol. The van der Waals surface area contributed by atoms with Crippen molar-refractivity contribution in [3.63, 3.8) is 0 Å². The molecule has 0 aliphatic carbocycles. The number of hydrogen-bond donors (Lipinski definition) is 0. The molecule has 0 fully saturated rings. The van der Waals surface area contributed by atoms with Gasteiger partial charge >= 0.3 is 5.97 Å². The fourth-order valence-electron chi connectivity index (χ4n) is 3.19. The van der Waals surface area contributed by atoms with Crippen LogP contribution in [0.25, 0.3) is 12.2 Å². The Hall–Kier alpha value is -2.61. The van der Waals surface area contributed by atoms with Crippen molar-refractivity contribution in [1.29, 1.82) is 0 Å². The smallest absolute Gasteiger partial charge is 0.338 e. The predicted molar refractivity (Wildman–Crippen MR) is 110 cm³/mol. The Bertz CT molecular complexity index is 792. The van der Waals surface area contributed by atoms with Crippen LogP contribution in [0, 0.1) is 0 Å². The van der Waals surface area contributed by atoms with Gasteiger partial charge in [0, 0.05) is 5.41 Å². The number of hydrogen-bond acceptors (Lipinski definition) is 2. The second-order valence-corrected chi connectivity index (χ2v) is 7.93. The van der Waals surface area contributed by atoms with Gasteiger partial charge in [0.05, 0.1) is 5.56 Å². The van der Waals surface area contributed by atoms with Crippen molar-refractivity contribution in [2.45, 2.75) is 45.6 Å². The molecular weight excluding hydrogens is 320 g/mol. The van der Waals surface area contributed by atoms with Crippen molar-refractivity contribution in [3.05, 3.63) is 83.4 Å². The summed E-state index contributed by atoms with van der Waals surface area (Å²) in [5.74, 6) is -0.340. The first-order valence-corrected chi connectivity index (χ1v) is 8.82. The van der Waals surface area contributed by atoms with Crippen LogP contribution >= 0.6 is 0 Å². The maximum absolute atomic E-state index is 12.5. The summed E-state index contributed by atoms with van der Waals surface area (Å²) >= 11 is 0. The molecule has 136 valence electrons. The van der Waals surface area contributed by atoms with Gasteiger partial charge in [-0.2, -0.15) is 0 Å². The van der Waals surface area contributed by atoms with Gasteiger partial charge in [0.15, 0.2) is 0 Å². The molecule has 2 nitrogen and oxygen atoms in total. The highest BCUT2D eigenvalue weighted by atomic mass is 16.6. The molecule has 0 aliphatic heterocycles. The van der Waals surface area contributed by atoms with Crippen LogP contribution in [0.2, 0.25) is 0 Å². The maximum Gasteiger partial charge on any atom is 0.338 e. The predicted octanol–water partition coefficient (Wildman–Crippen LogP) is 6.25. The summed E-state index contributed by atoms with van der Waals surface area (Å²) in [6, 6.07) is 14.0. The molecule has 0 saturated carbocycles. The Kier molecular flexibility index (Phi) is 5.56. The Morgan fingerprint density at radius 3 is 1.85 bits per heavy atom. The Morgan fingerprint density at radius 1 is 0.923 bits per heavy atom. The number of carbonyl (C=O) groups is 1. The van der Waals surface area contributed by atoms with Crippen LogP contribution in [-0.2, 0) is 10.2 Å². The van der Waals surface area contributed by atoms with Gasteiger partial charge in [-0.05, 0) is 55.2 Å². The van der Waals surface area contributed by atoms with Gasteiger partial charge in [-0.3, -0.25) is 0 Å². The highest BCUT2D eigenvalue weighted by Gasteiger charge is 2.29. The van der Waals surface area contributed by atoms with Crippen molar-refractivity contribution in [3.8, 4) is 0 Å². The third-order valence-corrected chi connectivity index (χ3v) is 4.39. The Balaban J connectivity index is 2.63. The molecule has 0 unspecified atom stereocenters. The van der Waals surface area contributed by atoms with Gasteiger partial charge in [0.25, 0.3) is 0 Å². The van der Waals surface area contributed by atoms with Crippen molar-refractivity contribution in [1.82, 2.24) is 0 Å². The molecule has 0 heterocycles. The lowest BCUT2D eigenvalue weighted by atomic mass is 9.73. The van der Waals surface area contributed by atoms with Crippen molar-refractivity contribution >= 4 is 18.1 Å². The second-order valence-electron chi connectivity index (χ2n) is 7.93. The molecule has 0 saturated heterocycles. The maximum atomic E-state index is 12.5. The molecule has 2 aromatic carbocycles. The average molecular weight is 348 g/mol. The van der Waals surface area contributed by atoms with Crippen LogP contribution in [-0.4, -0.2) is 11.6 Å². The molecule has 0 aromatic heterocycles. The largest absolute Gasteiger partial charge is 0.456 e. The molecule has 0 bridgehead atoms. The lowest BCUT2D eigenvalue weighted by Crippen LogP contribution is -2.25. The van der Waals surface area contributed by atoms with Crippen LogP contribution < -0.4 is 0 Å². The van der Waals surface area contributed by atoms with Crippen LogP contribution in [0.15, 0.2) is 55.6 Å². The van der Waals surface area contributed by atoms with Crippen molar-refractivity contribution < 1.29 is 9.53 Å². The van der Waals surface area contributed by atoms with E-state index in [1.807, 2.05) is 51.1 Å². The summed E-state index contributed by atoms with van der Waals surface area (Å²) in [5, 5.41) is 0. The summed E-state index contributed by atoms with van der Waals surface area (Å²) in [6.07, 6.45) is 3.59. The van der Waals surface area contributed by atoms with Crippen LogP contribution in [0.3, 0.4) is 0 Å². The zero-order valence-corrected chi connectivity index (χ0v) is 16.4. The summed E-state index contributed by atoms with van der Waals surface area (Å²) in [5.41, 5.74) is 3.83. The topological polar surface area (TPSA) is 26.3 Å². The van der Waals surface area contributed by atoms with E-state index in [1.165, 1.54) is 5.56 Å². The Labute approximate surface area is 157 Å². The normalized spacial score (nSPS) is 11.7. The second kappa shape index (κ2) is 7.33. The number of benzene rings is 2. The number of ether oxygens (including phenoxy) is 1. The average Bonchev–Trinajstić information content (AvgIpc) is 2.59. The van der Waals surface area contributed by atoms with E-state index in [0.29, 0.717) is 5.56 Å². The first kappa shape index (κ1) is 19.7. The summed E-state index contributed by atoms with van der Waals surface area (Å²) in [7, 11) is 0. The van der Waals surface area contributed by atoms with Crippen LogP contribution in [0.1, 0.15) is 67.2 Å². The fraction of sp³-hybridized carbons (Fsp3) is 0.292.